The Morgan fingerprint density at radius 1 is 1.00 bits per heavy atom. The topological polar surface area (TPSA) is 49.4 Å². The van der Waals surface area contributed by atoms with E-state index in [1.165, 1.54) is 18.2 Å². The zero-order valence-electron chi connectivity index (χ0n) is 14.4. The zero-order chi connectivity index (χ0) is 18.4. The largest absolute Gasteiger partial charge is 0.349 e. The van der Waals surface area contributed by atoms with E-state index in [9.17, 15) is 14.0 Å². The highest BCUT2D eigenvalue weighted by atomic mass is 19.1. The summed E-state index contributed by atoms with van der Waals surface area (Å²) in [7, 11) is 0. The standard InChI is InChI=1S/C21H21FN2O2/c22-18-9-6-16(7-10-18)8-11-20(25)24-14-12-19(13-15-24)23-21(26)17-4-2-1-3-5-17/h1-11,19H,12-15H2,(H,23,26)/b11-8+. The van der Waals surface area contributed by atoms with Crippen molar-refractivity contribution in [2.45, 2.75) is 18.9 Å². The van der Waals surface area contributed by atoms with Gasteiger partial charge in [-0.05, 0) is 48.7 Å². The third-order valence-corrected chi connectivity index (χ3v) is 4.47. The maximum atomic E-state index is 12.9. The Kier molecular flexibility index (Phi) is 5.79. The summed E-state index contributed by atoms with van der Waals surface area (Å²) in [4.78, 5) is 26.2. The molecule has 1 fully saturated rings. The minimum absolute atomic E-state index is 0.0674. The van der Waals surface area contributed by atoms with E-state index in [4.69, 9.17) is 0 Å². The summed E-state index contributed by atoms with van der Waals surface area (Å²) < 4.78 is 12.9. The smallest absolute Gasteiger partial charge is 0.251 e. The Morgan fingerprint density at radius 2 is 1.65 bits per heavy atom. The van der Waals surface area contributed by atoms with Gasteiger partial charge in [0.25, 0.3) is 5.91 Å². The first kappa shape index (κ1) is 17.9. The van der Waals surface area contributed by atoms with Crippen LogP contribution >= 0.6 is 0 Å². The molecule has 4 nitrogen and oxygen atoms in total. The molecule has 0 unspecified atom stereocenters. The lowest BCUT2D eigenvalue weighted by atomic mass is 10.0. The molecular weight excluding hydrogens is 331 g/mol. The molecule has 1 heterocycles. The summed E-state index contributed by atoms with van der Waals surface area (Å²) in [6.45, 7) is 1.21. The molecule has 1 saturated heterocycles. The summed E-state index contributed by atoms with van der Waals surface area (Å²) in [6.07, 6.45) is 4.66. The summed E-state index contributed by atoms with van der Waals surface area (Å²) in [5.74, 6) is -0.443. The number of amides is 2. The number of carbonyl (C=O) groups is 2. The first-order valence-electron chi connectivity index (χ1n) is 8.70. The molecule has 2 aromatic rings. The summed E-state index contributed by atoms with van der Waals surface area (Å²) in [6, 6.07) is 15.2. The van der Waals surface area contributed by atoms with Gasteiger partial charge in [0.2, 0.25) is 5.91 Å². The van der Waals surface area contributed by atoms with Gasteiger partial charge in [-0.1, -0.05) is 30.3 Å². The molecule has 1 aliphatic rings. The van der Waals surface area contributed by atoms with E-state index in [0.29, 0.717) is 18.7 Å². The predicted octanol–water partition coefficient (Wildman–Crippen LogP) is 3.26. The van der Waals surface area contributed by atoms with Crippen molar-refractivity contribution < 1.29 is 14.0 Å². The SMILES string of the molecule is O=C(NC1CCN(C(=O)/C=C/c2ccc(F)cc2)CC1)c1ccccc1. The number of hydrogen-bond donors (Lipinski definition) is 1. The molecule has 0 radical (unpaired) electrons. The molecule has 0 spiro atoms. The van der Waals surface area contributed by atoms with Crippen molar-refractivity contribution in [3.8, 4) is 0 Å². The molecule has 0 aromatic heterocycles. The average Bonchev–Trinajstić information content (AvgIpc) is 2.68. The van der Waals surface area contributed by atoms with Crippen LogP contribution in [0.1, 0.15) is 28.8 Å². The molecule has 134 valence electrons. The third-order valence-electron chi connectivity index (χ3n) is 4.47. The van der Waals surface area contributed by atoms with Gasteiger partial charge in [0.1, 0.15) is 5.82 Å². The number of nitrogens with zero attached hydrogens (tertiary/aromatic N) is 1. The minimum Gasteiger partial charge on any atom is -0.349 e. The van der Waals surface area contributed by atoms with Gasteiger partial charge in [-0.3, -0.25) is 9.59 Å². The number of benzene rings is 2. The molecule has 0 aliphatic carbocycles. The molecular formula is C21H21FN2O2. The lowest BCUT2D eigenvalue weighted by Crippen LogP contribution is -2.46. The maximum Gasteiger partial charge on any atom is 0.251 e. The van der Waals surface area contributed by atoms with Crippen LogP contribution in [0.2, 0.25) is 0 Å². The van der Waals surface area contributed by atoms with Crippen LogP contribution in [-0.2, 0) is 4.79 Å². The molecule has 1 N–H and O–H groups in total. The number of hydrogen-bond acceptors (Lipinski definition) is 2. The fraction of sp³-hybridized carbons (Fsp3) is 0.238. The molecule has 3 rings (SSSR count). The molecule has 1 aliphatic heterocycles. The number of carbonyl (C=O) groups excluding carboxylic acids is 2. The van der Waals surface area contributed by atoms with E-state index in [2.05, 4.69) is 5.32 Å². The van der Waals surface area contributed by atoms with Crippen LogP contribution in [0.25, 0.3) is 6.08 Å². The van der Waals surface area contributed by atoms with Crippen LogP contribution in [0.5, 0.6) is 0 Å². The minimum atomic E-state index is -0.298. The summed E-state index contributed by atoms with van der Waals surface area (Å²) in [5, 5.41) is 3.03. The van der Waals surface area contributed by atoms with Gasteiger partial charge in [-0.15, -0.1) is 0 Å². The van der Waals surface area contributed by atoms with Crippen LogP contribution < -0.4 is 5.32 Å². The van der Waals surface area contributed by atoms with Crippen molar-refractivity contribution in [1.82, 2.24) is 10.2 Å². The van der Waals surface area contributed by atoms with Crippen LogP contribution in [0.3, 0.4) is 0 Å². The predicted molar refractivity (Wildman–Crippen MR) is 98.9 cm³/mol. The summed E-state index contributed by atoms with van der Waals surface area (Å²) in [5.41, 5.74) is 1.43. The van der Waals surface area contributed by atoms with E-state index in [0.717, 1.165) is 18.4 Å². The van der Waals surface area contributed by atoms with E-state index in [1.807, 2.05) is 18.2 Å². The van der Waals surface area contributed by atoms with Crippen molar-refractivity contribution in [3.63, 3.8) is 0 Å². The second-order valence-corrected chi connectivity index (χ2v) is 6.32. The highest BCUT2D eigenvalue weighted by Crippen LogP contribution is 2.13. The normalized spacial score (nSPS) is 15.2. The van der Waals surface area contributed by atoms with Crippen LogP contribution in [0.15, 0.2) is 60.7 Å². The second kappa shape index (κ2) is 8.43. The van der Waals surface area contributed by atoms with E-state index in [1.54, 1.807) is 35.2 Å². The molecule has 2 amide bonds. The number of piperidine rings is 1. The van der Waals surface area contributed by atoms with Gasteiger partial charge < -0.3 is 10.2 Å². The summed E-state index contributed by atoms with van der Waals surface area (Å²) >= 11 is 0. The average molecular weight is 352 g/mol. The monoisotopic (exact) mass is 352 g/mol. The number of rotatable bonds is 4. The Bertz CT molecular complexity index is 779. The molecule has 2 aromatic carbocycles. The first-order valence-corrected chi connectivity index (χ1v) is 8.70. The Labute approximate surface area is 152 Å². The fourth-order valence-electron chi connectivity index (χ4n) is 2.95. The number of likely N-dealkylation sites (tertiary alicyclic amines) is 1. The van der Waals surface area contributed by atoms with Gasteiger partial charge in [0, 0.05) is 30.8 Å². The number of nitrogens with one attached hydrogen (secondary N) is 1. The quantitative estimate of drug-likeness (QED) is 0.859. The van der Waals surface area contributed by atoms with Crippen molar-refractivity contribution in [2.75, 3.05) is 13.1 Å². The highest BCUT2D eigenvalue weighted by molar-refractivity contribution is 5.94. The molecule has 5 heteroatoms. The van der Waals surface area contributed by atoms with E-state index >= 15 is 0 Å². The van der Waals surface area contributed by atoms with Crippen molar-refractivity contribution >= 4 is 17.9 Å². The molecule has 26 heavy (non-hydrogen) atoms. The lowest BCUT2D eigenvalue weighted by Gasteiger charge is -2.31. The van der Waals surface area contributed by atoms with E-state index in [-0.39, 0.29) is 23.7 Å². The van der Waals surface area contributed by atoms with Gasteiger partial charge in [-0.2, -0.15) is 0 Å². The van der Waals surface area contributed by atoms with Gasteiger partial charge >= 0.3 is 0 Å². The Morgan fingerprint density at radius 3 is 2.31 bits per heavy atom. The lowest BCUT2D eigenvalue weighted by molar-refractivity contribution is -0.126. The third kappa shape index (κ3) is 4.79. The van der Waals surface area contributed by atoms with Gasteiger partial charge in [0.15, 0.2) is 0 Å². The van der Waals surface area contributed by atoms with Gasteiger partial charge in [0.05, 0.1) is 0 Å². The zero-order valence-corrected chi connectivity index (χ0v) is 14.4. The highest BCUT2D eigenvalue weighted by Gasteiger charge is 2.23. The van der Waals surface area contributed by atoms with Crippen LogP contribution in [-0.4, -0.2) is 35.8 Å². The van der Waals surface area contributed by atoms with Crippen molar-refractivity contribution in [1.29, 1.82) is 0 Å². The van der Waals surface area contributed by atoms with Crippen molar-refractivity contribution in [2.24, 2.45) is 0 Å². The second-order valence-electron chi connectivity index (χ2n) is 6.32. The molecule has 0 bridgehead atoms. The van der Waals surface area contributed by atoms with Crippen LogP contribution in [0.4, 0.5) is 4.39 Å². The van der Waals surface area contributed by atoms with E-state index < -0.39 is 0 Å². The maximum absolute atomic E-state index is 12.9. The van der Waals surface area contributed by atoms with Gasteiger partial charge in [-0.25, -0.2) is 4.39 Å². The molecule has 0 atom stereocenters. The Balaban J connectivity index is 1.48. The van der Waals surface area contributed by atoms with Crippen LogP contribution in [0, 0.1) is 5.82 Å². The van der Waals surface area contributed by atoms with Crippen molar-refractivity contribution in [3.05, 3.63) is 77.6 Å². The fourth-order valence-corrected chi connectivity index (χ4v) is 2.95. The Hall–Kier alpha value is -2.95. The number of halogens is 1. The first-order chi connectivity index (χ1) is 12.6. The molecule has 0 saturated carbocycles.